The molecule has 0 saturated carbocycles. The number of nitrogens with zero attached hydrogens (tertiary/aromatic N) is 2. The number of halogens is 8. The molecule has 200 valence electrons. The fraction of sp³-hybridized carbons (Fsp3) is 0.391. The van der Waals surface area contributed by atoms with Crippen LogP contribution in [0.15, 0.2) is 47.6 Å². The quantitative estimate of drug-likeness (QED) is 0.457. The predicted molar refractivity (Wildman–Crippen MR) is 121 cm³/mol. The standard InChI is InChI=1S/C23H18ClF7N2O3S/c1-37(35)10-19(34)33-11-20(25,12-33)14-4-2-13(3-5-14)18-9-21(36-32-18,23(29,30)31)15-6-7-17(24)16(8-15)22(26,27)28/h2-8H,9-12H2,1H3. The summed E-state index contributed by atoms with van der Waals surface area (Å²) >= 11 is 5.55. The molecule has 0 bridgehead atoms. The van der Waals surface area contributed by atoms with Gasteiger partial charge in [-0.05, 0) is 23.3 Å². The number of benzene rings is 2. The summed E-state index contributed by atoms with van der Waals surface area (Å²) < 4.78 is 109. The zero-order valence-electron chi connectivity index (χ0n) is 18.9. The lowest BCUT2D eigenvalue weighted by molar-refractivity contribution is -0.276. The molecule has 0 spiro atoms. The highest BCUT2D eigenvalue weighted by molar-refractivity contribution is 7.85. The number of amides is 1. The third-order valence-electron chi connectivity index (χ3n) is 6.22. The molecule has 1 fully saturated rings. The largest absolute Gasteiger partial charge is 0.435 e. The number of rotatable bonds is 5. The zero-order valence-corrected chi connectivity index (χ0v) is 20.5. The van der Waals surface area contributed by atoms with Crippen LogP contribution in [0.1, 0.15) is 28.7 Å². The van der Waals surface area contributed by atoms with Gasteiger partial charge in [-0.3, -0.25) is 9.00 Å². The summed E-state index contributed by atoms with van der Waals surface area (Å²) in [6.45, 7) is -0.524. The second-order valence-corrected chi connectivity index (χ2v) is 10.7. The molecule has 1 amide bonds. The molecule has 5 nitrogen and oxygen atoms in total. The van der Waals surface area contributed by atoms with Crippen LogP contribution >= 0.6 is 11.6 Å². The van der Waals surface area contributed by atoms with E-state index in [1.807, 2.05) is 0 Å². The number of alkyl halides is 7. The molecular formula is C23H18ClF7N2O3S. The first-order valence-corrected chi connectivity index (χ1v) is 12.7. The lowest BCUT2D eigenvalue weighted by atomic mass is 9.84. The van der Waals surface area contributed by atoms with Gasteiger partial charge in [-0.25, -0.2) is 4.39 Å². The molecule has 0 aromatic heterocycles. The first-order chi connectivity index (χ1) is 17.1. The molecule has 2 atom stereocenters. The van der Waals surface area contributed by atoms with Crippen molar-refractivity contribution in [3.05, 3.63) is 69.7 Å². The summed E-state index contributed by atoms with van der Waals surface area (Å²) in [5, 5.41) is 2.75. The van der Waals surface area contributed by atoms with Crippen LogP contribution in [0.4, 0.5) is 30.7 Å². The Balaban J connectivity index is 1.55. The average molecular weight is 571 g/mol. The summed E-state index contributed by atoms with van der Waals surface area (Å²) in [4.78, 5) is 17.9. The van der Waals surface area contributed by atoms with Gasteiger partial charge in [-0.1, -0.05) is 47.1 Å². The summed E-state index contributed by atoms with van der Waals surface area (Å²) in [5.74, 6) is -0.684. The maximum atomic E-state index is 15.2. The summed E-state index contributed by atoms with van der Waals surface area (Å²) in [5.41, 5.74) is -7.20. The van der Waals surface area contributed by atoms with Crippen LogP contribution in [-0.4, -0.2) is 52.0 Å². The number of hydrogen-bond donors (Lipinski definition) is 0. The molecule has 2 unspecified atom stereocenters. The van der Waals surface area contributed by atoms with Crippen molar-refractivity contribution in [2.75, 3.05) is 25.1 Å². The summed E-state index contributed by atoms with van der Waals surface area (Å²) in [6.07, 6.45) is -9.70. The Labute approximate surface area is 213 Å². The van der Waals surface area contributed by atoms with E-state index < -0.39 is 62.9 Å². The fourth-order valence-electron chi connectivity index (χ4n) is 4.20. The highest BCUT2D eigenvalue weighted by Crippen LogP contribution is 2.50. The zero-order chi connectivity index (χ0) is 27.4. The number of oxime groups is 1. The lowest BCUT2D eigenvalue weighted by Gasteiger charge is -2.44. The average Bonchev–Trinajstić information content (AvgIpc) is 3.23. The molecular weight excluding hydrogens is 553 g/mol. The Morgan fingerprint density at radius 2 is 1.68 bits per heavy atom. The van der Waals surface area contributed by atoms with E-state index in [2.05, 4.69) is 5.16 Å². The molecule has 14 heteroatoms. The van der Waals surface area contributed by atoms with Gasteiger partial charge in [0.15, 0.2) is 5.67 Å². The number of carbonyl (C=O) groups is 1. The molecule has 2 aromatic rings. The molecule has 2 aliphatic heterocycles. The van der Waals surface area contributed by atoms with Crippen molar-refractivity contribution in [3.63, 3.8) is 0 Å². The van der Waals surface area contributed by atoms with Gasteiger partial charge in [0, 0.05) is 29.0 Å². The van der Waals surface area contributed by atoms with Gasteiger partial charge in [0.1, 0.15) is 5.75 Å². The maximum absolute atomic E-state index is 15.2. The molecule has 0 radical (unpaired) electrons. The summed E-state index contributed by atoms with van der Waals surface area (Å²) in [6, 6.07) is 7.11. The minimum Gasteiger partial charge on any atom is -0.374 e. The Hall–Kier alpha value is -2.67. The minimum atomic E-state index is -5.14. The fourth-order valence-corrected chi connectivity index (χ4v) is 4.95. The lowest BCUT2D eigenvalue weighted by Crippen LogP contribution is -2.59. The van der Waals surface area contributed by atoms with Crippen LogP contribution in [0.25, 0.3) is 0 Å². The van der Waals surface area contributed by atoms with E-state index in [1.165, 1.54) is 35.4 Å². The highest BCUT2D eigenvalue weighted by Gasteiger charge is 2.62. The van der Waals surface area contributed by atoms with Crippen LogP contribution in [0.5, 0.6) is 0 Å². The van der Waals surface area contributed by atoms with Gasteiger partial charge in [0.2, 0.25) is 5.91 Å². The van der Waals surface area contributed by atoms with Crippen LogP contribution in [-0.2, 0) is 37.9 Å². The van der Waals surface area contributed by atoms with E-state index in [9.17, 15) is 35.3 Å². The van der Waals surface area contributed by atoms with Gasteiger partial charge in [-0.15, -0.1) is 0 Å². The van der Waals surface area contributed by atoms with Crippen molar-refractivity contribution < 1.29 is 44.6 Å². The van der Waals surface area contributed by atoms with Crippen molar-refractivity contribution in [3.8, 4) is 0 Å². The van der Waals surface area contributed by atoms with E-state index >= 15 is 4.39 Å². The Bertz CT molecular complexity index is 1270. The van der Waals surface area contributed by atoms with Crippen LogP contribution in [0.2, 0.25) is 5.02 Å². The van der Waals surface area contributed by atoms with E-state index in [-0.39, 0.29) is 35.7 Å². The normalized spacial score (nSPS) is 22.2. The van der Waals surface area contributed by atoms with Crippen molar-refractivity contribution in [2.24, 2.45) is 5.16 Å². The third kappa shape index (κ3) is 5.07. The number of hydrogen-bond acceptors (Lipinski definition) is 4. The Morgan fingerprint density at radius 3 is 2.22 bits per heavy atom. The second-order valence-electron chi connectivity index (χ2n) is 8.83. The third-order valence-corrected chi connectivity index (χ3v) is 7.21. The smallest absolute Gasteiger partial charge is 0.374 e. The van der Waals surface area contributed by atoms with Crippen LogP contribution in [0, 0.1) is 0 Å². The van der Waals surface area contributed by atoms with Crippen LogP contribution in [0.3, 0.4) is 0 Å². The summed E-state index contributed by atoms with van der Waals surface area (Å²) in [7, 11) is -1.37. The monoisotopic (exact) mass is 570 g/mol. The van der Waals surface area contributed by atoms with Gasteiger partial charge in [0.25, 0.3) is 5.60 Å². The Kier molecular flexibility index (Phi) is 6.85. The van der Waals surface area contributed by atoms with Crippen molar-refractivity contribution >= 4 is 34.0 Å². The molecule has 0 aliphatic carbocycles. The number of carbonyl (C=O) groups excluding carboxylic acids is 1. The first kappa shape index (κ1) is 27.4. The van der Waals surface area contributed by atoms with E-state index in [0.29, 0.717) is 6.07 Å². The van der Waals surface area contributed by atoms with E-state index in [1.54, 1.807) is 0 Å². The molecule has 1 saturated heterocycles. The van der Waals surface area contributed by atoms with Crippen molar-refractivity contribution in [1.82, 2.24) is 4.90 Å². The molecule has 37 heavy (non-hydrogen) atoms. The topological polar surface area (TPSA) is 59.0 Å². The molecule has 2 aliphatic rings. The maximum Gasteiger partial charge on any atom is 0.435 e. The molecule has 2 heterocycles. The van der Waals surface area contributed by atoms with Crippen molar-refractivity contribution in [2.45, 2.75) is 30.0 Å². The predicted octanol–water partition coefficient (Wildman–Crippen LogP) is 5.33. The highest BCUT2D eigenvalue weighted by atomic mass is 35.5. The van der Waals surface area contributed by atoms with E-state index in [0.717, 1.165) is 12.1 Å². The first-order valence-electron chi connectivity index (χ1n) is 10.6. The van der Waals surface area contributed by atoms with Gasteiger partial charge in [0.05, 0.1) is 29.4 Å². The number of likely N-dealkylation sites (tertiary alicyclic amines) is 1. The second kappa shape index (κ2) is 9.26. The molecule has 0 N–H and O–H groups in total. The van der Waals surface area contributed by atoms with Gasteiger partial charge < -0.3 is 9.74 Å². The van der Waals surface area contributed by atoms with Gasteiger partial charge >= 0.3 is 12.4 Å². The van der Waals surface area contributed by atoms with Crippen molar-refractivity contribution in [1.29, 1.82) is 0 Å². The molecule has 2 aromatic carbocycles. The van der Waals surface area contributed by atoms with E-state index in [4.69, 9.17) is 16.4 Å². The van der Waals surface area contributed by atoms with Gasteiger partial charge in [-0.2, -0.15) is 26.3 Å². The molecule has 4 rings (SSSR count). The SMILES string of the molecule is CS(=O)CC(=O)N1CC(F)(c2ccc(C3=NOC(c4ccc(Cl)c(C(F)(F)F)c4)(C(F)(F)F)C3)cc2)C1. The van der Waals surface area contributed by atoms with Crippen LogP contribution < -0.4 is 0 Å². The Morgan fingerprint density at radius 1 is 1.08 bits per heavy atom. The minimum absolute atomic E-state index is 0.150.